The summed E-state index contributed by atoms with van der Waals surface area (Å²) in [6.07, 6.45) is 0. The van der Waals surface area contributed by atoms with Gasteiger partial charge in [0.15, 0.2) is 0 Å². The Bertz CT molecular complexity index is 133. The van der Waals surface area contributed by atoms with Gasteiger partial charge in [-0.15, -0.1) is 13.2 Å². The zero-order valence-corrected chi connectivity index (χ0v) is 5.19. The lowest BCUT2D eigenvalue weighted by Crippen LogP contribution is -1.86. The molecule has 48 valence electrons. The average Bonchev–Trinajstić information content (AvgIpc) is 1.71. The summed E-state index contributed by atoms with van der Waals surface area (Å²) in [5.41, 5.74) is 0. The molecule has 0 fully saturated rings. The van der Waals surface area contributed by atoms with E-state index in [9.17, 15) is 8.42 Å². The van der Waals surface area contributed by atoms with Crippen molar-refractivity contribution in [2.75, 3.05) is 0 Å². The first kappa shape index (κ1) is 10.4. The summed E-state index contributed by atoms with van der Waals surface area (Å²) < 4.78 is 26.6. The molecule has 8 heavy (non-hydrogen) atoms. The van der Waals surface area contributed by atoms with Crippen molar-refractivity contribution in [3.05, 3.63) is 25.1 Å². The van der Waals surface area contributed by atoms with Crippen molar-refractivity contribution >= 4 is 10.1 Å². The molecule has 0 bridgehead atoms. The third-order valence-corrected chi connectivity index (χ3v) is 0.632. The van der Waals surface area contributed by atoms with Gasteiger partial charge in [-0.25, -0.2) is 0 Å². The summed E-state index contributed by atoms with van der Waals surface area (Å²) in [5, 5.41) is 0.465. The highest BCUT2D eigenvalue weighted by atomic mass is 32.2. The second-order valence-corrected chi connectivity index (χ2v) is 2.04. The predicted octanol–water partition coefficient (Wildman–Crippen LogP) is 0.820. The molecule has 0 radical (unpaired) electrons. The summed E-state index contributed by atoms with van der Waals surface area (Å²) >= 11 is 0. The summed E-state index contributed by atoms with van der Waals surface area (Å²) in [5.74, 6) is 0. The van der Waals surface area contributed by atoms with E-state index in [4.69, 9.17) is 4.55 Å². The van der Waals surface area contributed by atoms with E-state index in [1.54, 1.807) is 0 Å². The average molecular weight is 136 g/mol. The lowest BCUT2D eigenvalue weighted by molar-refractivity contribution is 0.494. The van der Waals surface area contributed by atoms with Crippen molar-refractivity contribution in [2.45, 2.75) is 0 Å². The molecule has 1 N–H and O–H groups in total. The molecule has 0 aliphatic rings. The Labute approximate surface area is 49.1 Å². The lowest BCUT2D eigenvalue weighted by Gasteiger charge is -1.73. The van der Waals surface area contributed by atoms with E-state index in [-0.39, 0.29) is 0 Å². The topological polar surface area (TPSA) is 54.4 Å². The molecule has 0 heterocycles. The Kier molecular flexibility index (Phi) is 5.90. The minimum Gasteiger partial charge on any atom is -0.282 e. The van der Waals surface area contributed by atoms with Gasteiger partial charge in [-0.3, -0.25) is 4.55 Å². The Hall–Kier alpha value is -0.610. The molecule has 0 rings (SSSR count). The second kappa shape index (κ2) is 4.55. The molecular formula is C4H8O3S. The maximum absolute atomic E-state index is 9.44. The first-order chi connectivity index (χ1) is 3.56. The van der Waals surface area contributed by atoms with Crippen LogP contribution in [0, 0.1) is 0 Å². The summed E-state index contributed by atoms with van der Waals surface area (Å²) in [7, 11) is -3.90. The van der Waals surface area contributed by atoms with Crippen molar-refractivity contribution in [3.8, 4) is 0 Å². The molecule has 0 aromatic carbocycles. The summed E-state index contributed by atoms with van der Waals surface area (Å²) in [4.78, 5) is 0. The van der Waals surface area contributed by atoms with Crippen molar-refractivity contribution in [2.24, 2.45) is 0 Å². The van der Waals surface area contributed by atoms with E-state index in [1.807, 2.05) is 0 Å². The maximum Gasteiger partial charge on any atom is 0.287 e. The number of hydrogen-bond donors (Lipinski definition) is 1. The standard InChI is InChI=1S/C2H4O3S.C2H4/c1-2-6(3,4)5;1-2/h2H,1H2,(H,3,4,5);1-2H2. The molecule has 0 aromatic heterocycles. The normalized spacial score (nSPS) is 8.62. The van der Waals surface area contributed by atoms with Crippen molar-refractivity contribution in [1.82, 2.24) is 0 Å². The van der Waals surface area contributed by atoms with Crippen LogP contribution in [0.25, 0.3) is 0 Å². The van der Waals surface area contributed by atoms with Crippen LogP contribution in [0.2, 0.25) is 0 Å². The summed E-state index contributed by atoms with van der Waals surface area (Å²) in [6, 6.07) is 0. The molecule has 0 aromatic rings. The van der Waals surface area contributed by atoms with E-state index >= 15 is 0 Å². The van der Waals surface area contributed by atoms with Crippen molar-refractivity contribution in [3.63, 3.8) is 0 Å². The zero-order valence-electron chi connectivity index (χ0n) is 4.37. The fourth-order valence-corrected chi connectivity index (χ4v) is 0. The maximum atomic E-state index is 9.44. The van der Waals surface area contributed by atoms with Crippen molar-refractivity contribution in [1.29, 1.82) is 0 Å². The number of rotatable bonds is 1. The van der Waals surface area contributed by atoms with E-state index in [0.717, 1.165) is 0 Å². The quantitative estimate of drug-likeness (QED) is 0.429. The fourth-order valence-electron chi connectivity index (χ4n) is 0. The van der Waals surface area contributed by atoms with Gasteiger partial charge in [0.1, 0.15) is 0 Å². The van der Waals surface area contributed by atoms with E-state index < -0.39 is 10.1 Å². The van der Waals surface area contributed by atoms with E-state index in [1.165, 1.54) is 0 Å². The van der Waals surface area contributed by atoms with Crippen molar-refractivity contribution < 1.29 is 13.0 Å². The van der Waals surface area contributed by atoms with Gasteiger partial charge in [0.05, 0.1) is 5.41 Å². The van der Waals surface area contributed by atoms with Crippen LogP contribution in [0.4, 0.5) is 0 Å². The molecular weight excluding hydrogens is 128 g/mol. The van der Waals surface area contributed by atoms with Gasteiger partial charge in [-0.1, -0.05) is 6.58 Å². The third kappa shape index (κ3) is 18.2. The molecule has 0 saturated heterocycles. The second-order valence-electron chi connectivity index (χ2n) is 0.682. The predicted molar refractivity (Wildman–Crippen MR) is 33.0 cm³/mol. The number of hydrogen-bond acceptors (Lipinski definition) is 2. The Morgan fingerprint density at radius 3 is 1.50 bits per heavy atom. The van der Waals surface area contributed by atoms with Gasteiger partial charge >= 0.3 is 0 Å². The fraction of sp³-hybridized carbons (Fsp3) is 0. The largest absolute Gasteiger partial charge is 0.287 e. The van der Waals surface area contributed by atoms with Crippen LogP contribution in [-0.4, -0.2) is 13.0 Å². The molecule has 0 amide bonds. The molecule has 4 heteroatoms. The highest BCUT2D eigenvalue weighted by Gasteiger charge is 1.87. The molecule has 0 aliphatic carbocycles. The highest BCUT2D eigenvalue weighted by Crippen LogP contribution is 1.75. The summed E-state index contributed by atoms with van der Waals surface area (Å²) in [6.45, 7) is 8.79. The van der Waals surface area contributed by atoms with Crippen LogP contribution in [0.15, 0.2) is 25.1 Å². The van der Waals surface area contributed by atoms with Gasteiger partial charge in [-0.05, 0) is 0 Å². The Balaban J connectivity index is 0. The van der Waals surface area contributed by atoms with Crippen LogP contribution in [0.1, 0.15) is 0 Å². The van der Waals surface area contributed by atoms with Gasteiger partial charge in [0.2, 0.25) is 0 Å². The van der Waals surface area contributed by atoms with Crippen LogP contribution >= 0.6 is 0 Å². The molecule has 0 saturated carbocycles. The van der Waals surface area contributed by atoms with Crippen LogP contribution in [0.3, 0.4) is 0 Å². The van der Waals surface area contributed by atoms with Crippen LogP contribution < -0.4 is 0 Å². The van der Waals surface area contributed by atoms with Gasteiger partial charge in [-0.2, -0.15) is 8.42 Å². The van der Waals surface area contributed by atoms with Crippen LogP contribution in [0.5, 0.6) is 0 Å². The molecule has 3 nitrogen and oxygen atoms in total. The highest BCUT2D eigenvalue weighted by molar-refractivity contribution is 7.88. The monoisotopic (exact) mass is 136 g/mol. The minimum atomic E-state index is -3.90. The van der Waals surface area contributed by atoms with Crippen LogP contribution in [-0.2, 0) is 10.1 Å². The molecule has 0 atom stereocenters. The smallest absolute Gasteiger partial charge is 0.282 e. The van der Waals surface area contributed by atoms with Gasteiger partial charge in [0, 0.05) is 0 Å². The van der Waals surface area contributed by atoms with Gasteiger partial charge < -0.3 is 0 Å². The third-order valence-electron chi connectivity index (χ3n) is 0.211. The first-order valence-electron chi connectivity index (χ1n) is 1.66. The SMILES string of the molecule is C=C.C=CS(=O)(=O)O. The Morgan fingerprint density at radius 1 is 1.38 bits per heavy atom. The lowest BCUT2D eigenvalue weighted by atomic mass is 11.3. The molecule has 0 aliphatic heterocycles. The van der Waals surface area contributed by atoms with E-state index in [2.05, 4.69) is 19.7 Å². The minimum absolute atomic E-state index is 0.465. The zero-order chi connectivity index (χ0) is 7.21. The van der Waals surface area contributed by atoms with E-state index in [0.29, 0.717) is 5.41 Å². The molecule has 0 unspecified atom stereocenters. The molecule has 0 spiro atoms. The van der Waals surface area contributed by atoms with Gasteiger partial charge in [0.25, 0.3) is 10.1 Å². The first-order valence-corrected chi connectivity index (χ1v) is 3.16. The Morgan fingerprint density at radius 2 is 1.50 bits per heavy atom.